The molecule has 0 saturated carbocycles. The number of benzene rings is 2. The van der Waals surface area contributed by atoms with Crippen LogP contribution in [0.1, 0.15) is 42.5 Å². The number of carbonyl (C=O) groups is 1. The Labute approximate surface area is 183 Å². The number of ether oxygens (including phenoxy) is 2. The Kier molecular flexibility index (Phi) is 6.89. The maximum atomic E-state index is 12.9. The Balaban J connectivity index is 1.43. The van der Waals surface area contributed by atoms with E-state index in [0.29, 0.717) is 36.7 Å². The zero-order chi connectivity index (χ0) is 21.7. The number of anilines is 1. The SMILES string of the molecule is O=C(Nc1cccc(OCC2CCCO2)c1)c1cccc(S(=O)(=O)N2CCCCC2)c1. The molecule has 0 spiro atoms. The molecule has 2 aliphatic rings. The highest BCUT2D eigenvalue weighted by molar-refractivity contribution is 7.89. The lowest BCUT2D eigenvalue weighted by molar-refractivity contribution is 0.0680. The summed E-state index contributed by atoms with van der Waals surface area (Å²) >= 11 is 0. The van der Waals surface area contributed by atoms with Crippen LogP contribution < -0.4 is 10.1 Å². The van der Waals surface area contributed by atoms with Gasteiger partial charge in [0, 0.05) is 37.0 Å². The first-order chi connectivity index (χ1) is 15.0. The van der Waals surface area contributed by atoms with E-state index in [1.165, 1.54) is 10.4 Å². The van der Waals surface area contributed by atoms with E-state index < -0.39 is 10.0 Å². The van der Waals surface area contributed by atoms with Gasteiger partial charge in [0.15, 0.2) is 0 Å². The van der Waals surface area contributed by atoms with Crippen molar-refractivity contribution < 1.29 is 22.7 Å². The Morgan fingerprint density at radius 1 is 1.06 bits per heavy atom. The van der Waals surface area contributed by atoms with Gasteiger partial charge in [-0.25, -0.2) is 8.42 Å². The van der Waals surface area contributed by atoms with E-state index in [1.54, 1.807) is 36.4 Å². The van der Waals surface area contributed by atoms with Crippen molar-refractivity contribution in [2.45, 2.75) is 43.1 Å². The molecule has 0 aliphatic carbocycles. The van der Waals surface area contributed by atoms with Crippen LogP contribution in [0.15, 0.2) is 53.4 Å². The highest BCUT2D eigenvalue weighted by Crippen LogP contribution is 2.23. The molecule has 2 saturated heterocycles. The van der Waals surface area contributed by atoms with Crippen LogP contribution >= 0.6 is 0 Å². The predicted molar refractivity (Wildman–Crippen MR) is 118 cm³/mol. The van der Waals surface area contributed by atoms with Crippen LogP contribution in [0.25, 0.3) is 0 Å². The number of hydrogen-bond acceptors (Lipinski definition) is 5. The molecular weight excluding hydrogens is 416 g/mol. The summed E-state index contributed by atoms with van der Waals surface area (Å²) in [6.45, 7) is 2.30. The zero-order valence-corrected chi connectivity index (χ0v) is 18.3. The summed E-state index contributed by atoms with van der Waals surface area (Å²) in [5.41, 5.74) is 0.878. The van der Waals surface area contributed by atoms with Crippen molar-refractivity contribution in [1.29, 1.82) is 0 Å². The second kappa shape index (κ2) is 9.80. The molecule has 2 aromatic rings. The average Bonchev–Trinajstić information content (AvgIpc) is 3.32. The molecule has 0 bridgehead atoms. The van der Waals surface area contributed by atoms with Gasteiger partial charge < -0.3 is 14.8 Å². The fourth-order valence-electron chi connectivity index (χ4n) is 3.88. The molecule has 2 aromatic carbocycles. The third-order valence-electron chi connectivity index (χ3n) is 5.60. The Bertz CT molecular complexity index is 1010. The highest BCUT2D eigenvalue weighted by atomic mass is 32.2. The van der Waals surface area contributed by atoms with Gasteiger partial charge >= 0.3 is 0 Å². The van der Waals surface area contributed by atoms with Crippen molar-refractivity contribution >= 4 is 21.6 Å². The van der Waals surface area contributed by atoms with Crippen molar-refractivity contribution in [2.75, 3.05) is 31.6 Å². The molecule has 31 heavy (non-hydrogen) atoms. The molecule has 0 aromatic heterocycles. The molecule has 7 nitrogen and oxygen atoms in total. The number of amides is 1. The van der Waals surface area contributed by atoms with E-state index in [0.717, 1.165) is 38.7 Å². The molecule has 1 N–H and O–H groups in total. The normalized spacial score (nSPS) is 19.8. The largest absolute Gasteiger partial charge is 0.491 e. The number of rotatable bonds is 7. The van der Waals surface area contributed by atoms with Gasteiger partial charge in [0.25, 0.3) is 5.91 Å². The van der Waals surface area contributed by atoms with Gasteiger partial charge in [-0.3, -0.25) is 4.79 Å². The third kappa shape index (κ3) is 5.44. The molecule has 4 rings (SSSR count). The summed E-state index contributed by atoms with van der Waals surface area (Å²) in [7, 11) is -3.59. The van der Waals surface area contributed by atoms with Crippen LogP contribution in [-0.4, -0.2) is 51.0 Å². The number of nitrogens with zero attached hydrogens (tertiary/aromatic N) is 1. The van der Waals surface area contributed by atoms with Crippen LogP contribution in [0, 0.1) is 0 Å². The lowest BCUT2D eigenvalue weighted by Gasteiger charge is -2.26. The van der Waals surface area contributed by atoms with Gasteiger partial charge in [-0.1, -0.05) is 18.6 Å². The molecule has 2 aliphatic heterocycles. The van der Waals surface area contributed by atoms with Crippen LogP contribution in [0.3, 0.4) is 0 Å². The number of piperidine rings is 1. The minimum atomic E-state index is -3.59. The second-order valence-electron chi connectivity index (χ2n) is 7.92. The van der Waals surface area contributed by atoms with Gasteiger partial charge in [0.05, 0.1) is 11.0 Å². The fourth-order valence-corrected chi connectivity index (χ4v) is 5.45. The number of hydrogen-bond donors (Lipinski definition) is 1. The zero-order valence-electron chi connectivity index (χ0n) is 17.5. The molecule has 1 atom stereocenters. The number of carbonyl (C=O) groups excluding carboxylic acids is 1. The van der Waals surface area contributed by atoms with Crippen LogP contribution in [0.2, 0.25) is 0 Å². The van der Waals surface area contributed by atoms with Gasteiger partial charge in [0.1, 0.15) is 12.4 Å². The minimum absolute atomic E-state index is 0.114. The highest BCUT2D eigenvalue weighted by Gasteiger charge is 2.26. The first kappa shape index (κ1) is 21.8. The van der Waals surface area contributed by atoms with Gasteiger partial charge in [-0.2, -0.15) is 4.31 Å². The van der Waals surface area contributed by atoms with Gasteiger partial charge in [-0.05, 0) is 56.0 Å². The fraction of sp³-hybridized carbons (Fsp3) is 0.435. The lowest BCUT2D eigenvalue weighted by Crippen LogP contribution is -2.35. The lowest BCUT2D eigenvalue weighted by atomic mass is 10.2. The van der Waals surface area contributed by atoms with Gasteiger partial charge in [0.2, 0.25) is 10.0 Å². The van der Waals surface area contributed by atoms with Crippen molar-refractivity contribution in [3.05, 3.63) is 54.1 Å². The second-order valence-corrected chi connectivity index (χ2v) is 9.86. The number of nitrogens with one attached hydrogen (secondary N) is 1. The van der Waals surface area contributed by atoms with Crippen molar-refractivity contribution in [3.63, 3.8) is 0 Å². The average molecular weight is 445 g/mol. The Morgan fingerprint density at radius 3 is 2.65 bits per heavy atom. The van der Waals surface area contributed by atoms with E-state index in [9.17, 15) is 13.2 Å². The summed E-state index contributed by atoms with van der Waals surface area (Å²) in [6, 6.07) is 13.4. The van der Waals surface area contributed by atoms with E-state index >= 15 is 0 Å². The molecular formula is C23H28N2O5S. The van der Waals surface area contributed by atoms with Gasteiger partial charge in [-0.15, -0.1) is 0 Å². The molecule has 1 amide bonds. The Morgan fingerprint density at radius 2 is 1.87 bits per heavy atom. The van der Waals surface area contributed by atoms with E-state index in [-0.39, 0.29) is 16.9 Å². The summed E-state index contributed by atoms with van der Waals surface area (Å²) < 4.78 is 38.7. The molecule has 8 heteroatoms. The molecule has 1 unspecified atom stereocenters. The minimum Gasteiger partial charge on any atom is -0.491 e. The smallest absolute Gasteiger partial charge is 0.255 e. The third-order valence-corrected chi connectivity index (χ3v) is 7.50. The van der Waals surface area contributed by atoms with Crippen LogP contribution in [0.5, 0.6) is 5.75 Å². The quantitative estimate of drug-likeness (QED) is 0.704. The molecule has 166 valence electrons. The first-order valence-electron chi connectivity index (χ1n) is 10.8. The topological polar surface area (TPSA) is 84.9 Å². The van der Waals surface area contributed by atoms with E-state index in [4.69, 9.17) is 9.47 Å². The predicted octanol–water partition coefficient (Wildman–Crippen LogP) is 3.67. The summed E-state index contributed by atoms with van der Waals surface area (Å²) in [5, 5.41) is 2.83. The standard InChI is InChI=1S/C23H28N2O5S/c26-23(24-19-8-5-9-20(16-19)30-17-21-10-6-14-29-21)18-7-4-11-22(15-18)31(27,28)25-12-2-1-3-13-25/h4-5,7-9,11,15-16,21H,1-3,6,10,12-14,17H2,(H,24,26). The molecule has 0 radical (unpaired) electrons. The first-order valence-corrected chi connectivity index (χ1v) is 12.2. The van der Waals surface area contributed by atoms with Crippen LogP contribution in [-0.2, 0) is 14.8 Å². The van der Waals surface area contributed by atoms with Crippen molar-refractivity contribution in [2.24, 2.45) is 0 Å². The maximum Gasteiger partial charge on any atom is 0.255 e. The molecule has 2 fully saturated rings. The number of sulfonamides is 1. The monoisotopic (exact) mass is 444 g/mol. The Hall–Kier alpha value is -2.42. The van der Waals surface area contributed by atoms with Crippen LogP contribution in [0.4, 0.5) is 5.69 Å². The molecule has 2 heterocycles. The maximum absolute atomic E-state index is 12.9. The van der Waals surface area contributed by atoms with Crippen molar-refractivity contribution in [3.8, 4) is 5.75 Å². The summed E-state index contributed by atoms with van der Waals surface area (Å²) in [4.78, 5) is 12.9. The summed E-state index contributed by atoms with van der Waals surface area (Å²) in [5.74, 6) is 0.279. The summed E-state index contributed by atoms with van der Waals surface area (Å²) in [6.07, 6.45) is 4.94. The van der Waals surface area contributed by atoms with E-state index in [2.05, 4.69) is 5.32 Å². The van der Waals surface area contributed by atoms with E-state index in [1.807, 2.05) is 6.07 Å². The van der Waals surface area contributed by atoms with Crippen molar-refractivity contribution in [1.82, 2.24) is 4.31 Å².